The minimum atomic E-state index is -1.34. The van der Waals surface area contributed by atoms with Gasteiger partial charge in [-0.2, -0.15) is 0 Å². The molecule has 1 atom stereocenters. The molecule has 0 saturated heterocycles. The zero-order chi connectivity index (χ0) is 7.98. The largest absolute Gasteiger partial charge is 0.400 e. The van der Waals surface area contributed by atoms with Gasteiger partial charge in [-0.25, -0.2) is 0 Å². The Labute approximate surface area is 65.9 Å². The molecular weight excluding hydrogens is 164 g/mol. The van der Waals surface area contributed by atoms with E-state index in [1.807, 2.05) is 6.55 Å². The number of hydrogen-bond donors (Lipinski definition) is 0. The van der Waals surface area contributed by atoms with Crippen molar-refractivity contribution in [2.45, 2.75) is 19.6 Å². The maximum absolute atomic E-state index is 5.29. The smallest absolute Gasteiger partial charge is 0.319 e. The van der Waals surface area contributed by atoms with Gasteiger partial charge in [0.15, 0.2) is 9.04 Å². The molecule has 62 valence electrons. The number of hydrogen-bond acceptors (Lipinski definition) is 3. The van der Waals surface area contributed by atoms with Gasteiger partial charge in [0.1, 0.15) is 6.79 Å². The van der Waals surface area contributed by atoms with E-state index in [-0.39, 0.29) is 0 Å². The van der Waals surface area contributed by atoms with Crippen LogP contribution in [0.3, 0.4) is 0 Å². The van der Waals surface area contributed by atoms with E-state index in [1.165, 1.54) is 0 Å². The lowest BCUT2D eigenvalue weighted by Crippen LogP contribution is -2.21. The second kappa shape index (κ2) is 6.05. The zero-order valence-electron chi connectivity index (χ0n) is 7.09. The van der Waals surface area contributed by atoms with Crippen molar-refractivity contribution in [2.24, 2.45) is 0 Å². The quantitative estimate of drug-likeness (QED) is 0.454. The van der Waals surface area contributed by atoms with E-state index < -0.39 is 18.3 Å². The highest BCUT2D eigenvalue weighted by Gasteiger charge is 2.02. The molecule has 0 rings (SSSR count). The molecule has 1 unspecified atom stereocenters. The molecule has 0 amide bonds. The van der Waals surface area contributed by atoms with Gasteiger partial charge in [-0.3, -0.25) is 0 Å². The van der Waals surface area contributed by atoms with E-state index >= 15 is 0 Å². The van der Waals surface area contributed by atoms with Crippen molar-refractivity contribution in [3.8, 4) is 0 Å². The van der Waals surface area contributed by atoms with Crippen LogP contribution in [0.5, 0.6) is 0 Å². The molecule has 0 fully saturated rings. The maximum atomic E-state index is 5.29. The first-order chi connectivity index (χ1) is 4.66. The van der Waals surface area contributed by atoms with Crippen LogP contribution >= 0.6 is 0 Å². The predicted octanol–water partition coefficient (Wildman–Crippen LogP) is 0.457. The fourth-order valence-corrected chi connectivity index (χ4v) is 1.25. The van der Waals surface area contributed by atoms with Crippen molar-refractivity contribution in [1.82, 2.24) is 0 Å². The van der Waals surface area contributed by atoms with Crippen LogP contribution in [-0.4, -0.2) is 32.2 Å². The molecule has 0 aliphatic heterocycles. The molecule has 5 heteroatoms. The first kappa shape index (κ1) is 10.3. The summed E-state index contributed by atoms with van der Waals surface area (Å²) in [7, 11) is -0.571. The molecule has 0 aliphatic rings. The van der Waals surface area contributed by atoms with E-state index in [9.17, 15) is 0 Å². The van der Waals surface area contributed by atoms with Gasteiger partial charge in [-0.15, -0.1) is 0 Å². The zero-order valence-corrected chi connectivity index (χ0v) is 9.40. The van der Waals surface area contributed by atoms with Gasteiger partial charge in [-0.1, -0.05) is 0 Å². The summed E-state index contributed by atoms with van der Waals surface area (Å²) in [6.45, 7) is 6.63. The third-order valence-electron chi connectivity index (χ3n) is 1.04. The summed E-state index contributed by atoms with van der Waals surface area (Å²) in [5.74, 6) is 0. The average Bonchev–Trinajstić information content (AvgIpc) is 1.87. The first-order valence-corrected chi connectivity index (χ1v) is 8.30. The summed E-state index contributed by atoms with van der Waals surface area (Å²) in [6.07, 6.45) is 0. The van der Waals surface area contributed by atoms with Crippen LogP contribution in [0.2, 0.25) is 19.6 Å². The molecule has 0 bridgehead atoms. The minimum Gasteiger partial charge on any atom is -0.400 e. The van der Waals surface area contributed by atoms with Crippen molar-refractivity contribution in [3.05, 3.63) is 0 Å². The van der Waals surface area contributed by atoms with E-state index in [2.05, 4.69) is 13.1 Å². The lowest BCUT2D eigenvalue weighted by atomic mass is 11.6. The van der Waals surface area contributed by atoms with Crippen molar-refractivity contribution in [2.75, 3.05) is 13.9 Å². The average molecular weight is 180 g/mol. The van der Waals surface area contributed by atoms with Crippen LogP contribution in [-0.2, 0) is 13.3 Å². The minimum absolute atomic E-state index is 0.422. The highest BCUT2D eigenvalue weighted by molar-refractivity contribution is 6.48. The van der Waals surface area contributed by atoms with Gasteiger partial charge < -0.3 is 13.3 Å². The van der Waals surface area contributed by atoms with Crippen LogP contribution in [0.15, 0.2) is 0 Å². The Morgan fingerprint density at radius 1 is 1.10 bits per heavy atom. The van der Waals surface area contributed by atoms with Crippen molar-refractivity contribution in [1.29, 1.82) is 0 Å². The fraction of sp³-hybridized carbons (Fsp3) is 1.00. The van der Waals surface area contributed by atoms with E-state index in [4.69, 9.17) is 13.3 Å². The number of rotatable bonds is 5. The Balaban J connectivity index is 3.03. The Hall–Kier alpha value is 0.314. The molecular formula is C5H16O3Si2. The Morgan fingerprint density at radius 3 is 2.10 bits per heavy atom. The van der Waals surface area contributed by atoms with E-state index in [0.717, 1.165) is 0 Å². The summed E-state index contributed by atoms with van der Waals surface area (Å²) >= 11 is 0. The standard InChI is InChI=1S/C5H16O3Si2/c1-6-10(4)8-5-7-9(2)3/h9-10H,5H2,1-4H3. The molecule has 0 N–H and O–H groups in total. The van der Waals surface area contributed by atoms with Crippen molar-refractivity contribution in [3.63, 3.8) is 0 Å². The van der Waals surface area contributed by atoms with Gasteiger partial charge in [0.2, 0.25) is 0 Å². The monoisotopic (exact) mass is 180 g/mol. The van der Waals surface area contributed by atoms with E-state index in [0.29, 0.717) is 6.79 Å². The topological polar surface area (TPSA) is 27.7 Å². The van der Waals surface area contributed by atoms with Gasteiger partial charge in [0.05, 0.1) is 0 Å². The Morgan fingerprint density at radius 2 is 1.70 bits per heavy atom. The lowest BCUT2D eigenvalue weighted by Gasteiger charge is -2.11. The molecule has 0 aliphatic carbocycles. The highest BCUT2D eigenvalue weighted by atomic mass is 28.3. The summed E-state index contributed by atoms with van der Waals surface area (Å²) in [5, 5.41) is 0. The summed E-state index contributed by atoms with van der Waals surface area (Å²) in [4.78, 5) is 0. The Bertz CT molecular complexity index is 79.3. The van der Waals surface area contributed by atoms with E-state index in [1.54, 1.807) is 7.11 Å². The molecule has 3 nitrogen and oxygen atoms in total. The van der Waals surface area contributed by atoms with Crippen LogP contribution in [0.25, 0.3) is 0 Å². The summed E-state index contributed by atoms with van der Waals surface area (Å²) in [6, 6.07) is 0. The van der Waals surface area contributed by atoms with Gasteiger partial charge >= 0.3 is 9.28 Å². The van der Waals surface area contributed by atoms with Gasteiger partial charge in [0, 0.05) is 7.11 Å². The summed E-state index contributed by atoms with van der Waals surface area (Å²) < 4.78 is 15.5. The summed E-state index contributed by atoms with van der Waals surface area (Å²) in [5.41, 5.74) is 0. The lowest BCUT2D eigenvalue weighted by molar-refractivity contribution is 0.0937. The highest BCUT2D eigenvalue weighted by Crippen LogP contribution is 1.88. The van der Waals surface area contributed by atoms with Gasteiger partial charge in [0.25, 0.3) is 0 Å². The van der Waals surface area contributed by atoms with Crippen LogP contribution in [0.4, 0.5) is 0 Å². The molecule has 10 heavy (non-hydrogen) atoms. The predicted molar refractivity (Wildman–Crippen MR) is 45.9 cm³/mol. The van der Waals surface area contributed by atoms with Crippen molar-refractivity contribution < 1.29 is 13.3 Å². The third kappa shape index (κ3) is 6.43. The molecule has 0 radical (unpaired) electrons. The van der Waals surface area contributed by atoms with Crippen molar-refractivity contribution >= 4 is 18.3 Å². The third-order valence-corrected chi connectivity index (χ3v) is 3.11. The van der Waals surface area contributed by atoms with Crippen LogP contribution in [0.1, 0.15) is 0 Å². The van der Waals surface area contributed by atoms with Crippen LogP contribution in [0, 0.1) is 0 Å². The fourth-order valence-electron chi connectivity index (χ4n) is 0.339. The normalized spacial score (nSPS) is 14.1. The molecule has 0 saturated carbocycles. The molecule has 0 aromatic heterocycles. The molecule has 0 spiro atoms. The van der Waals surface area contributed by atoms with Gasteiger partial charge in [-0.05, 0) is 19.6 Å². The van der Waals surface area contributed by atoms with Crippen LogP contribution < -0.4 is 0 Å². The molecule has 0 heterocycles. The SMILES string of the molecule is CO[SiH](C)OCO[SiH](C)C. The molecule has 0 aromatic carbocycles. The second-order valence-electron chi connectivity index (χ2n) is 2.30. The maximum Gasteiger partial charge on any atom is 0.319 e. The Kier molecular flexibility index (Phi) is 6.24. The second-order valence-corrected chi connectivity index (χ2v) is 6.67. The first-order valence-electron chi connectivity index (χ1n) is 3.42. The molecule has 0 aromatic rings.